The maximum absolute atomic E-state index is 11.7. The van der Waals surface area contributed by atoms with Crippen LogP contribution >= 0.6 is 11.8 Å². The van der Waals surface area contributed by atoms with E-state index in [0.29, 0.717) is 26.2 Å². The molecule has 2 unspecified atom stereocenters. The minimum absolute atomic E-state index is 0.241. The molecule has 2 atom stereocenters. The van der Waals surface area contributed by atoms with E-state index in [2.05, 4.69) is 53.3 Å². The topological polar surface area (TPSA) is 87.2 Å². The Labute approximate surface area is 218 Å². The number of carboxylic acids is 1. The van der Waals surface area contributed by atoms with E-state index < -0.39 is 23.3 Å². The molecule has 0 aromatic heterocycles. The SMILES string of the molecule is CSc1cccc2ccc(C#Cc3ccc(N4CCN(N(C(C)CC(=O)O)S(=O)[O-])CC4)cc3)cc12. The standard InChI is InChI=1S/C27H29N3O4S2/c1-20(18-27(31)32)30(36(33)34)29-16-14-28(15-17-29)24-12-9-21(10-13-24)6-7-22-8-11-23-4-3-5-26(35-2)25(23)19-22/h3-5,8-13,19-20H,14-18H2,1-2H3,(H,31,32)(H,33,34)/p-1. The van der Waals surface area contributed by atoms with E-state index in [0.717, 1.165) is 21.2 Å². The second-order valence-electron chi connectivity index (χ2n) is 8.60. The van der Waals surface area contributed by atoms with Crippen LogP contribution < -0.4 is 4.90 Å². The number of piperazine rings is 1. The maximum atomic E-state index is 11.7. The highest BCUT2D eigenvalue weighted by molar-refractivity contribution is 7.98. The smallest absolute Gasteiger partial charge is 0.305 e. The summed E-state index contributed by atoms with van der Waals surface area (Å²) in [6.07, 6.45) is 1.84. The van der Waals surface area contributed by atoms with Crippen molar-refractivity contribution >= 4 is 45.5 Å². The van der Waals surface area contributed by atoms with Gasteiger partial charge in [-0.3, -0.25) is 9.00 Å². The number of hydrogen-bond acceptors (Lipinski definition) is 6. The first-order valence-electron chi connectivity index (χ1n) is 11.6. The number of fused-ring (bicyclic) bond motifs is 1. The molecule has 3 aromatic rings. The zero-order valence-corrected chi connectivity index (χ0v) is 21.8. The highest BCUT2D eigenvalue weighted by atomic mass is 32.2. The number of rotatable bonds is 7. The zero-order valence-electron chi connectivity index (χ0n) is 20.2. The predicted molar refractivity (Wildman–Crippen MR) is 144 cm³/mol. The molecule has 9 heteroatoms. The summed E-state index contributed by atoms with van der Waals surface area (Å²) in [5.41, 5.74) is 2.94. The van der Waals surface area contributed by atoms with Crippen LogP contribution in [-0.2, 0) is 16.1 Å². The van der Waals surface area contributed by atoms with Crippen molar-refractivity contribution < 1.29 is 18.7 Å². The Morgan fingerprint density at radius 3 is 2.39 bits per heavy atom. The number of benzene rings is 3. The number of hydrazine groups is 1. The Hall–Kier alpha value is -2.87. The van der Waals surface area contributed by atoms with Crippen LogP contribution in [0.25, 0.3) is 10.8 Å². The van der Waals surface area contributed by atoms with E-state index in [4.69, 9.17) is 5.11 Å². The third kappa shape index (κ3) is 6.27. The lowest BCUT2D eigenvalue weighted by Gasteiger charge is -2.44. The van der Waals surface area contributed by atoms with Crippen molar-refractivity contribution in [2.45, 2.75) is 24.3 Å². The van der Waals surface area contributed by atoms with Crippen molar-refractivity contribution in [2.24, 2.45) is 0 Å². The molecule has 7 nitrogen and oxygen atoms in total. The molecule has 1 heterocycles. The predicted octanol–water partition coefficient (Wildman–Crippen LogP) is 3.96. The third-order valence-electron chi connectivity index (χ3n) is 6.18. The summed E-state index contributed by atoms with van der Waals surface area (Å²) >= 11 is -0.793. The summed E-state index contributed by atoms with van der Waals surface area (Å²) in [5, 5.41) is 13.2. The van der Waals surface area contributed by atoms with E-state index in [-0.39, 0.29) is 6.42 Å². The number of thioether (sulfide) groups is 1. The fourth-order valence-electron chi connectivity index (χ4n) is 4.40. The van der Waals surface area contributed by atoms with Gasteiger partial charge in [0.05, 0.1) is 6.42 Å². The van der Waals surface area contributed by atoms with Gasteiger partial charge in [-0.2, -0.15) is 4.41 Å². The fourth-order valence-corrected chi connectivity index (χ4v) is 5.73. The fraction of sp³-hybridized carbons (Fsp3) is 0.296. The second kappa shape index (κ2) is 11.9. The van der Waals surface area contributed by atoms with E-state index in [1.54, 1.807) is 23.7 Å². The van der Waals surface area contributed by atoms with E-state index in [1.807, 2.05) is 30.3 Å². The average Bonchev–Trinajstić information content (AvgIpc) is 2.87. The van der Waals surface area contributed by atoms with Crippen LogP contribution in [-0.4, -0.2) is 67.7 Å². The molecule has 188 valence electrons. The van der Waals surface area contributed by atoms with Gasteiger partial charge in [-0.1, -0.05) is 30.0 Å². The largest absolute Gasteiger partial charge is 0.759 e. The number of carboxylic acid groups (broad SMARTS) is 1. The van der Waals surface area contributed by atoms with Crippen LogP contribution in [0.1, 0.15) is 24.5 Å². The molecule has 36 heavy (non-hydrogen) atoms. The van der Waals surface area contributed by atoms with Crippen molar-refractivity contribution in [1.29, 1.82) is 0 Å². The lowest BCUT2D eigenvalue weighted by molar-refractivity contribution is -0.139. The van der Waals surface area contributed by atoms with Gasteiger partial charge in [0.2, 0.25) is 0 Å². The van der Waals surface area contributed by atoms with Gasteiger partial charge >= 0.3 is 5.97 Å². The number of carbonyl (C=O) groups is 1. The molecule has 1 fully saturated rings. The zero-order chi connectivity index (χ0) is 25.7. The van der Waals surface area contributed by atoms with Crippen LogP contribution in [0.3, 0.4) is 0 Å². The molecule has 1 aliphatic rings. The molecule has 4 rings (SSSR count). The van der Waals surface area contributed by atoms with Crippen LogP contribution in [0, 0.1) is 11.8 Å². The molecule has 0 radical (unpaired) electrons. The Balaban J connectivity index is 1.40. The van der Waals surface area contributed by atoms with E-state index in [9.17, 15) is 13.6 Å². The van der Waals surface area contributed by atoms with Crippen molar-refractivity contribution in [2.75, 3.05) is 37.3 Å². The first-order chi connectivity index (χ1) is 17.4. The minimum Gasteiger partial charge on any atom is -0.759 e. The van der Waals surface area contributed by atoms with Gasteiger partial charge in [0.15, 0.2) is 0 Å². The molecule has 3 aromatic carbocycles. The number of nitrogens with zero attached hydrogens (tertiary/aromatic N) is 3. The monoisotopic (exact) mass is 522 g/mol. The van der Waals surface area contributed by atoms with E-state index in [1.165, 1.54) is 15.7 Å². The highest BCUT2D eigenvalue weighted by Gasteiger charge is 2.27. The van der Waals surface area contributed by atoms with Crippen LogP contribution in [0.2, 0.25) is 0 Å². The van der Waals surface area contributed by atoms with Gasteiger partial charge in [0, 0.05) is 65.2 Å². The molecule has 0 aliphatic carbocycles. The maximum Gasteiger partial charge on any atom is 0.305 e. The van der Waals surface area contributed by atoms with Gasteiger partial charge in [-0.25, -0.2) is 5.01 Å². The molecule has 0 spiro atoms. The summed E-state index contributed by atoms with van der Waals surface area (Å²) in [7, 11) is 0. The van der Waals surface area contributed by atoms with Crippen LogP contribution in [0.5, 0.6) is 0 Å². The molecule has 0 bridgehead atoms. The summed E-state index contributed by atoms with van der Waals surface area (Å²) in [5.74, 6) is 5.50. The molecular formula is C27H28N3O4S2-. The van der Waals surface area contributed by atoms with Crippen LogP contribution in [0.4, 0.5) is 5.69 Å². The highest BCUT2D eigenvalue weighted by Crippen LogP contribution is 2.27. The van der Waals surface area contributed by atoms with Crippen molar-refractivity contribution in [3.8, 4) is 11.8 Å². The molecular weight excluding hydrogens is 494 g/mol. The number of anilines is 1. The summed E-state index contributed by atoms with van der Waals surface area (Å²) in [6.45, 7) is 3.84. The first kappa shape index (κ1) is 26.2. The minimum atomic E-state index is -2.52. The Kier molecular flexibility index (Phi) is 8.67. The van der Waals surface area contributed by atoms with Gasteiger partial charge in [0.25, 0.3) is 0 Å². The Bertz CT molecular complexity index is 1310. The van der Waals surface area contributed by atoms with Gasteiger partial charge in [-0.15, -0.1) is 11.8 Å². The lowest BCUT2D eigenvalue weighted by atomic mass is 10.1. The van der Waals surface area contributed by atoms with Crippen molar-refractivity contribution in [1.82, 2.24) is 9.42 Å². The van der Waals surface area contributed by atoms with Crippen molar-refractivity contribution in [3.05, 3.63) is 71.8 Å². The molecule has 1 saturated heterocycles. The average molecular weight is 523 g/mol. The van der Waals surface area contributed by atoms with E-state index >= 15 is 0 Å². The Morgan fingerprint density at radius 1 is 1.08 bits per heavy atom. The third-order valence-corrected chi connectivity index (χ3v) is 7.87. The summed E-state index contributed by atoms with van der Waals surface area (Å²) in [4.78, 5) is 14.5. The van der Waals surface area contributed by atoms with Crippen LogP contribution in [0.15, 0.2) is 65.6 Å². The molecule has 0 amide bonds. The number of aliphatic carboxylic acids is 1. The Morgan fingerprint density at radius 2 is 1.75 bits per heavy atom. The normalized spacial score (nSPS) is 15.9. The molecule has 1 N–H and O–H groups in total. The molecule has 1 aliphatic heterocycles. The van der Waals surface area contributed by atoms with Gasteiger partial charge in [0.1, 0.15) is 0 Å². The van der Waals surface area contributed by atoms with Gasteiger partial charge < -0.3 is 14.6 Å². The second-order valence-corrected chi connectivity index (χ2v) is 10.3. The first-order valence-corrected chi connectivity index (χ1v) is 13.9. The van der Waals surface area contributed by atoms with Gasteiger partial charge in [-0.05, 0) is 66.4 Å². The molecule has 0 saturated carbocycles. The quantitative estimate of drug-likeness (QED) is 0.286. The van der Waals surface area contributed by atoms with Crippen molar-refractivity contribution in [3.63, 3.8) is 0 Å². The number of hydrogen-bond donors (Lipinski definition) is 1. The summed E-state index contributed by atoms with van der Waals surface area (Å²) in [6, 6.07) is 20.0. The lowest BCUT2D eigenvalue weighted by Crippen LogP contribution is -2.57. The summed E-state index contributed by atoms with van der Waals surface area (Å²) < 4.78 is 24.6.